The molecule has 5 heteroatoms. The molecule has 2 amide bonds. The lowest BCUT2D eigenvalue weighted by atomic mass is 10.2. The zero-order chi connectivity index (χ0) is 16.1. The highest BCUT2D eigenvalue weighted by Gasteiger charge is 2.10. The minimum atomic E-state index is -0.0964. The SMILES string of the molecule is C=CC(/C=N/CCCN(CC(=C)C)C(=O)NC)=C\C=C\Cl. The first-order valence-corrected chi connectivity index (χ1v) is 7.19. The number of rotatable bonds is 9. The predicted molar refractivity (Wildman–Crippen MR) is 92.1 cm³/mol. The summed E-state index contributed by atoms with van der Waals surface area (Å²) in [5.74, 6) is 0. The van der Waals surface area contributed by atoms with Crippen molar-refractivity contribution in [2.45, 2.75) is 13.3 Å². The summed E-state index contributed by atoms with van der Waals surface area (Å²) in [7, 11) is 1.62. The number of amides is 2. The van der Waals surface area contributed by atoms with Gasteiger partial charge in [-0.1, -0.05) is 48.6 Å². The molecule has 1 N–H and O–H groups in total. The third-order valence-electron chi connectivity index (χ3n) is 2.51. The molecule has 0 radical (unpaired) electrons. The Morgan fingerprint density at radius 2 is 2.19 bits per heavy atom. The zero-order valence-corrected chi connectivity index (χ0v) is 13.6. The van der Waals surface area contributed by atoms with Gasteiger partial charge in [0.15, 0.2) is 0 Å². The van der Waals surface area contributed by atoms with Crippen molar-refractivity contribution in [3.8, 4) is 0 Å². The van der Waals surface area contributed by atoms with Gasteiger partial charge in [-0.3, -0.25) is 4.99 Å². The van der Waals surface area contributed by atoms with Crippen LogP contribution in [0.25, 0.3) is 0 Å². The summed E-state index contributed by atoms with van der Waals surface area (Å²) in [5, 5.41) is 2.63. The minimum Gasteiger partial charge on any atom is -0.341 e. The van der Waals surface area contributed by atoms with Crippen molar-refractivity contribution in [2.24, 2.45) is 4.99 Å². The van der Waals surface area contributed by atoms with Crippen molar-refractivity contribution in [1.29, 1.82) is 0 Å². The molecular weight excluding hydrogens is 286 g/mol. The number of halogens is 1. The summed E-state index contributed by atoms with van der Waals surface area (Å²) in [6.07, 6.45) is 7.77. The van der Waals surface area contributed by atoms with Gasteiger partial charge in [0.1, 0.15) is 0 Å². The first-order valence-electron chi connectivity index (χ1n) is 6.75. The van der Waals surface area contributed by atoms with Gasteiger partial charge in [0.2, 0.25) is 0 Å². The number of aliphatic imine (C=N–C) groups is 1. The average molecular weight is 310 g/mol. The number of allylic oxidation sites excluding steroid dienone is 4. The van der Waals surface area contributed by atoms with E-state index in [1.165, 1.54) is 5.54 Å². The van der Waals surface area contributed by atoms with Gasteiger partial charge in [-0.25, -0.2) is 4.79 Å². The second-order valence-electron chi connectivity index (χ2n) is 4.51. The highest BCUT2D eigenvalue weighted by molar-refractivity contribution is 6.25. The van der Waals surface area contributed by atoms with E-state index >= 15 is 0 Å². The normalized spacial score (nSPS) is 11.9. The summed E-state index contributed by atoms with van der Waals surface area (Å²) in [5.41, 5.74) is 3.26. The molecule has 4 nitrogen and oxygen atoms in total. The van der Waals surface area contributed by atoms with Crippen LogP contribution in [-0.2, 0) is 0 Å². The van der Waals surface area contributed by atoms with Crippen LogP contribution >= 0.6 is 11.6 Å². The lowest BCUT2D eigenvalue weighted by molar-refractivity contribution is 0.204. The smallest absolute Gasteiger partial charge is 0.317 e. The fourth-order valence-corrected chi connectivity index (χ4v) is 1.64. The number of hydrogen-bond acceptors (Lipinski definition) is 2. The summed E-state index contributed by atoms with van der Waals surface area (Å²) in [6.45, 7) is 11.3. The van der Waals surface area contributed by atoms with Gasteiger partial charge < -0.3 is 10.2 Å². The molecule has 0 heterocycles. The number of carbonyl (C=O) groups is 1. The summed E-state index contributed by atoms with van der Waals surface area (Å²) in [4.78, 5) is 17.7. The quantitative estimate of drug-likeness (QED) is 0.301. The van der Waals surface area contributed by atoms with Crippen LogP contribution in [0.1, 0.15) is 13.3 Å². The Morgan fingerprint density at radius 3 is 2.71 bits per heavy atom. The number of nitrogens with one attached hydrogen (secondary N) is 1. The van der Waals surface area contributed by atoms with Crippen molar-refractivity contribution in [1.82, 2.24) is 10.2 Å². The Kier molecular flexibility index (Phi) is 10.9. The highest BCUT2D eigenvalue weighted by Crippen LogP contribution is 1.99. The van der Waals surface area contributed by atoms with Gasteiger partial charge in [0, 0.05) is 38.4 Å². The molecule has 0 aromatic carbocycles. The molecule has 0 unspecified atom stereocenters. The van der Waals surface area contributed by atoms with Crippen LogP contribution in [0.2, 0.25) is 0 Å². The molecule has 0 saturated carbocycles. The number of carbonyl (C=O) groups excluding carboxylic acids is 1. The van der Waals surface area contributed by atoms with E-state index in [0.717, 1.165) is 17.6 Å². The van der Waals surface area contributed by atoms with Crippen molar-refractivity contribution >= 4 is 23.8 Å². The molecule has 21 heavy (non-hydrogen) atoms. The molecule has 0 spiro atoms. The average Bonchev–Trinajstić information content (AvgIpc) is 2.47. The first-order chi connectivity index (χ1) is 10.0. The molecule has 0 fully saturated rings. The molecule has 0 aliphatic carbocycles. The molecule has 0 aromatic rings. The molecule has 0 aromatic heterocycles. The van der Waals surface area contributed by atoms with Gasteiger partial charge in [-0.05, 0) is 18.9 Å². The number of hydrogen-bond donors (Lipinski definition) is 1. The molecule has 0 saturated heterocycles. The Bertz CT molecular complexity index is 439. The fraction of sp³-hybridized carbons (Fsp3) is 0.375. The lowest BCUT2D eigenvalue weighted by Crippen LogP contribution is -2.39. The Morgan fingerprint density at radius 1 is 1.48 bits per heavy atom. The van der Waals surface area contributed by atoms with Gasteiger partial charge in [0.25, 0.3) is 0 Å². The predicted octanol–water partition coefficient (Wildman–Crippen LogP) is 3.53. The summed E-state index contributed by atoms with van der Waals surface area (Å²) >= 11 is 5.45. The second-order valence-corrected chi connectivity index (χ2v) is 4.76. The third-order valence-corrected chi connectivity index (χ3v) is 2.66. The maximum Gasteiger partial charge on any atom is 0.317 e. The second kappa shape index (κ2) is 12.0. The van der Waals surface area contributed by atoms with Gasteiger partial charge in [-0.15, -0.1) is 0 Å². The molecular formula is C16H24ClN3O. The van der Waals surface area contributed by atoms with E-state index in [4.69, 9.17) is 11.6 Å². The largest absolute Gasteiger partial charge is 0.341 e. The van der Waals surface area contributed by atoms with Crippen LogP contribution in [0.4, 0.5) is 4.79 Å². The van der Waals surface area contributed by atoms with Crippen molar-refractivity contribution < 1.29 is 4.79 Å². The van der Waals surface area contributed by atoms with E-state index < -0.39 is 0 Å². The Labute approximate surface area is 132 Å². The Balaban J connectivity index is 4.29. The molecule has 0 bridgehead atoms. The number of nitrogens with zero attached hydrogens (tertiary/aromatic N) is 2. The highest BCUT2D eigenvalue weighted by atomic mass is 35.5. The van der Waals surface area contributed by atoms with Crippen LogP contribution in [0.5, 0.6) is 0 Å². The Hall–Kier alpha value is -1.81. The number of urea groups is 1. The van der Waals surface area contributed by atoms with Crippen molar-refractivity contribution in [2.75, 3.05) is 26.7 Å². The van der Waals surface area contributed by atoms with E-state index in [-0.39, 0.29) is 6.03 Å². The van der Waals surface area contributed by atoms with Crippen LogP contribution in [0, 0.1) is 0 Å². The first kappa shape index (κ1) is 19.2. The standard InChI is InChI=1S/C16H24ClN3O/c1-5-15(8-6-9-17)12-19-10-7-11-20(13-14(2)3)16(21)18-4/h5-6,8-9,12H,1-2,7,10-11,13H2,3-4H3,(H,18,21)/b9-6+,15-8+,19-12+. The molecule has 0 rings (SSSR count). The van der Waals surface area contributed by atoms with Crippen LogP contribution < -0.4 is 5.32 Å². The van der Waals surface area contributed by atoms with Crippen molar-refractivity contribution in [3.63, 3.8) is 0 Å². The van der Waals surface area contributed by atoms with Crippen molar-refractivity contribution in [3.05, 3.63) is 48.1 Å². The monoisotopic (exact) mass is 309 g/mol. The van der Waals surface area contributed by atoms with E-state index in [1.54, 1.807) is 30.3 Å². The van der Waals surface area contributed by atoms with E-state index in [1.807, 2.05) is 13.0 Å². The van der Waals surface area contributed by atoms with Gasteiger partial charge in [0.05, 0.1) is 0 Å². The molecule has 0 aliphatic rings. The van der Waals surface area contributed by atoms with E-state index in [2.05, 4.69) is 23.5 Å². The fourth-order valence-electron chi connectivity index (χ4n) is 1.57. The van der Waals surface area contributed by atoms with Crippen LogP contribution in [-0.4, -0.2) is 43.8 Å². The maximum absolute atomic E-state index is 11.7. The minimum absolute atomic E-state index is 0.0964. The summed E-state index contributed by atoms with van der Waals surface area (Å²) in [6, 6.07) is -0.0964. The van der Waals surface area contributed by atoms with Crippen LogP contribution in [0.3, 0.4) is 0 Å². The van der Waals surface area contributed by atoms with E-state index in [9.17, 15) is 4.79 Å². The topological polar surface area (TPSA) is 44.7 Å². The summed E-state index contributed by atoms with van der Waals surface area (Å²) < 4.78 is 0. The van der Waals surface area contributed by atoms with Crippen LogP contribution in [0.15, 0.2) is 53.1 Å². The lowest BCUT2D eigenvalue weighted by Gasteiger charge is -2.21. The van der Waals surface area contributed by atoms with Gasteiger partial charge >= 0.3 is 6.03 Å². The third kappa shape index (κ3) is 9.68. The molecule has 0 aliphatic heterocycles. The zero-order valence-electron chi connectivity index (χ0n) is 12.8. The van der Waals surface area contributed by atoms with Gasteiger partial charge in [-0.2, -0.15) is 0 Å². The molecule has 116 valence electrons. The van der Waals surface area contributed by atoms with E-state index in [0.29, 0.717) is 19.6 Å². The molecule has 0 atom stereocenters. The maximum atomic E-state index is 11.7.